The molecule has 0 aromatic heterocycles. The summed E-state index contributed by atoms with van der Waals surface area (Å²) in [5, 5.41) is 35.0. The molecule has 2 amide bonds. The van der Waals surface area contributed by atoms with Gasteiger partial charge in [0, 0.05) is 30.5 Å². The first-order valence-corrected chi connectivity index (χ1v) is 9.79. The number of quaternary nitrogens is 1. The first kappa shape index (κ1) is 25.1. The molecule has 0 aromatic rings. The quantitative estimate of drug-likeness (QED) is 0.210. The van der Waals surface area contributed by atoms with Crippen LogP contribution >= 0.6 is 11.8 Å². The van der Waals surface area contributed by atoms with Crippen LogP contribution in [0.3, 0.4) is 0 Å². The Hall–Kier alpha value is -1.85. The molecule has 11 heteroatoms. The van der Waals surface area contributed by atoms with Gasteiger partial charge in [-0.05, 0) is 12.8 Å². The summed E-state index contributed by atoms with van der Waals surface area (Å²) < 4.78 is 0. The number of amides is 2. The van der Waals surface area contributed by atoms with Crippen molar-refractivity contribution in [1.29, 1.82) is 0 Å². The summed E-state index contributed by atoms with van der Waals surface area (Å²) in [5.41, 5.74) is 3.35. The minimum absolute atomic E-state index is 0.000313. The number of carboxylic acid groups (broad SMARTS) is 2. The maximum atomic E-state index is 12.2. The number of thioether (sulfide) groups is 1. The molecule has 0 heterocycles. The largest absolute Gasteiger partial charge is 0.548 e. The van der Waals surface area contributed by atoms with Gasteiger partial charge in [0.25, 0.3) is 0 Å². The van der Waals surface area contributed by atoms with Gasteiger partial charge >= 0.3 is 0 Å². The molecule has 10 nitrogen and oxygen atoms in total. The van der Waals surface area contributed by atoms with Crippen LogP contribution in [0, 0.1) is 0 Å². The summed E-state index contributed by atoms with van der Waals surface area (Å²) in [5.74, 6) is -3.87. The summed E-state index contributed by atoms with van der Waals surface area (Å²) in [6.45, 7) is 1.31. The number of carboxylic acids is 2. The van der Waals surface area contributed by atoms with Crippen molar-refractivity contribution in [3.8, 4) is 0 Å². The second kappa shape index (κ2) is 14.2. The average Bonchev–Trinajstić information content (AvgIpc) is 2.60. The van der Waals surface area contributed by atoms with Crippen LogP contribution in [0.15, 0.2) is 0 Å². The second-order valence-corrected chi connectivity index (χ2v) is 7.35. The maximum absolute atomic E-state index is 12.2. The molecule has 6 N–H and O–H groups in total. The lowest BCUT2D eigenvalue weighted by molar-refractivity contribution is -0.438. The van der Waals surface area contributed by atoms with Crippen molar-refractivity contribution < 1.29 is 40.2 Å². The fraction of sp³-hybridized carbons (Fsp3) is 0.750. The number of carbonyl (C=O) groups is 4. The van der Waals surface area contributed by atoms with Crippen LogP contribution < -0.4 is 26.6 Å². The van der Waals surface area contributed by atoms with Gasteiger partial charge in [-0.2, -0.15) is 11.8 Å². The average molecular weight is 406 g/mol. The van der Waals surface area contributed by atoms with Gasteiger partial charge in [0.2, 0.25) is 11.8 Å². The van der Waals surface area contributed by atoms with Gasteiger partial charge in [-0.3, -0.25) is 9.59 Å². The van der Waals surface area contributed by atoms with Crippen molar-refractivity contribution >= 4 is 35.5 Å². The van der Waals surface area contributed by atoms with Gasteiger partial charge in [-0.25, -0.2) is 0 Å². The lowest BCUT2D eigenvalue weighted by Crippen LogP contribution is -2.68. The number of hydrogen-bond acceptors (Lipinski definition) is 8. The molecule has 0 saturated carbocycles. The van der Waals surface area contributed by atoms with Gasteiger partial charge in [0.15, 0.2) is 0 Å². The van der Waals surface area contributed by atoms with Crippen molar-refractivity contribution in [1.82, 2.24) is 10.6 Å². The van der Waals surface area contributed by atoms with E-state index in [1.807, 2.05) is 6.92 Å². The van der Waals surface area contributed by atoms with Crippen molar-refractivity contribution in [3.05, 3.63) is 0 Å². The number of aliphatic hydroxyl groups is 1. The molecule has 27 heavy (non-hydrogen) atoms. The predicted octanol–water partition coefficient (Wildman–Crippen LogP) is -4.24. The minimum Gasteiger partial charge on any atom is -0.548 e. The molecule has 0 aliphatic rings. The van der Waals surface area contributed by atoms with Crippen molar-refractivity contribution in [2.45, 2.75) is 56.4 Å². The Morgan fingerprint density at radius 1 is 1.15 bits per heavy atom. The molecule has 0 rings (SSSR count). The number of carbonyl (C=O) groups excluding carboxylic acids is 4. The molecule has 156 valence electrons. The molecule has 0 fully saturated rings. The van der Waals surface area contributed by atoms with E-state index < -0.39 is 42.4 Å². The summed E-state index contributed by atoms with van der Waals surface area (Å²) >= 11 is 1.40. The third kappa shape index (κ3) is 12.2. The zero-order chi connectivity index (χ0) is 20.8. The summed E-state index contributed by atoms with van der Waals surface area (Å²) in [6, 6.07) is -2.04. The first-order valence-electron chi connectivity index (χ1n) is 8.74. The second-order valence-electron chi connectivity index (χ2n) is 6.02. The highest BCUT2D eigenvalue weighted by atomic mass is 32.2. The highest BCUT2D eigenvalue weighted by Gasteiger charge is 2.23. The van der Waals surface area contributed by atoms with Crippen molar-refractivity contribution in [2.75, 3.05) is 18.9 Å². The van der Waals surface area contributed by atoms with E-state index in [0.29, 0.717) is 6.42 Å². The van der Waals surface area contributed by atoms with Crippen LogP contribution in [-0.2, 0) is 19.2 Å². The third-order valence-corrected chi connectivity index (χ3v) is 5.14. The van der Waals surface area contributed by atoms with Gasteiger partial charge in [-0.15, -0.1) is 0 Å². The predicted molar refractivity (Wildman–Crippen MR) is 93.7 cm³/mol. The Labute approximate surface area is 162 Å². The van der Waals surface area contributed by atoms with E-state index in [0.717, 1.165) is 12.8 Å². The van der Waals surface area contributed by atoms with Gasteiger partial charge in [0.05, 0.1) is 18.5 Å². The van der Waals surface area contributed by atoms with Crippen LogP contribution in [0.2, 0.25) is 0 Å². The standard InChI is InChI=1S/C16H29N3O7S/c1-2-3-10(6-7-20)27-9-12(15(24)18-8-14(22)23)19-13(21)5-4-11(17)16(25)26/h10-12,20H,2-9,17H2,1H3,(H,18,24)(H,19,21)(H,22,23)(H,25,26)/p-1/t10?,11-,12-/m0/s1. The maximum Gasteiger partial charge on any atom is 0.243 e. The van der Waals surface area contributed by atoms with Crippen LogP contribution in [0.25, 0.3) is 0 Å². The van der Waals surface area contributed by atoms with E-state index in [1.54, 1.807) is 0 Å². The number of aliphatic carboxylic acids is 2. The monoisotopic (exact) mass is 406 g/mol. The van der Waals surface area contributed by atoms with Crippen LogP contribution in [0.4, 0.5) is 0 Å². The normalized spacial score (nSPS) is 14.0. The molecule has 3 atom stereocenters. The number of aliphatic hydroxyl groups excluding tert-OH is 1. The highest BCUT2D eigenvalue weighted by molar-refractivity contribution is 7.99. The van der Waals surface area contributed by atoms with Crippen LogP contribution in [-0.4, -0.2) is 65.1 Å². The molecule has 0 aliphatic carbocycles. The van der Waals surface area contributed by atoms with Crippen LogP contribution in [0.1, 0.15) is 39.0 Å². The molecule has 0 bridgehead atoms. The fourth-order valence-electron chi connectivity index (χ4n) is 2.16. The van der Waals surface area contributed by atoms with Gasteiger partial charge in [-0.1, -0.05) is 13.3 Å². The van der Waals surface area contributed by atoms with E-state index in [-0.39, 0.29) is 30.5 Å². The van der Waals surface area contributed by atoms with E-state index in [2.05, 4.69) is 16.4 Å². The van der Waals surface area contributed by atoms with E-state index >= 15 is 0 Å². The summed E-state index contributed by atoms with van der Waals surface area (Å²) in [4.78, 5) is 45.3. The highest BCUT2D eigenvalue weighted by Crippen LogP contribution is 2.20. The molecule has 0 radical (unpaired) electrons. The lowest BCUT2D eigenvalue weighted by atomic mass is 10.1. The Morgan fingerprint density at radius 2 is 1.81 bits per heavy atom. The van der Waals surface area contributed by atoms with Crippen molar-refractivity contribution in [2.24, 2.45) is 0 Å². The smallest absolute Gasteiger partial charge is 0.243 e. The Balaban J connectivity index is 4.80. The molecular weight excluding hydrogens is 378 g/mol. The number of hydrogen-bond donors (Lipinski definition) is 4. The van der Waals surface area contributed by atoms with Gasteiger partial charge < -0.3 is 41.3 Å². The van der Waals surface area contributed by atoms with E-state index in [9.17, 15) is 29.4 Å². The summed E-state index contributed by atoms with van der Waals surface area (Å²) in [7, 11) is 0. The first-order chi connectivity index (χ1) is 12.7. The number of rotatable bonds is 15. The van der Waals surface area contributed by atoms with Crippen LogP contribution in [0.5, 0.6) is 0 Å². The topological polar surface area (TPSA) is 186 Å². The SMILES string of the molecule is CCCC(CCO)SC[C@H](NC(=O)CC[C@H]([NH3+])C(=O)[O-])C(=O)NCC(=O)[O-]. The van der Waals surface area contributed by atoms with E-state index in [4.69, 9.17) is 5.11 Å². The lowest BCUT2D eigenvalue weighted by Gasteiger charge is -2.22. The van der Waals surface area contributed by atoms with E-state index in [1.165, 1.54) is 11.8 Å². The Morgan fingerprint density at radius 3 is 2.33 bits per heavy atom. The molecule has 0 aromatic carbocycles. The number of nitrogens with one attached hydrogen (secondary N) is 2. The zero-order valence-corrected chi connectivity index (χ0v) is 16.2. The molecule has 0 spiro atoms. The molecular formula is C16H28N3O7S-. The molecule has 1 unspecified atom stereocenters. The minimum atomic E-state index is -1.46. The zero-order valence-electron chi connectivity index (χ0n) is 15.4. The summed E-state index contributed by atoms with van der Waals surface area (Å²) in [6.07, 6.45) is 2.04. The Kier molecular flexibility index (Phi) is 13.3. The molecule has 0 saturated heterocycles. The molecule has 0 aliphatic heterocycles. The van der Waals surface area contributed by atoms with Gasteiger partial charge in [0.1, 0.15) is 12.1 Å². The van der Waals surface area contributed by atoms with Crippen molar-refractivity contribution in [3.63, 3.8) is 0 Å². The Bertz CT molecular complexity index is 498. The third-order valence-electron chi connectivity index (χ3n) is 3.67. The fourth-order valence-corrected chi connectivity index (χ4v) is 3.54.